The lowest BCUT2D eigenvalue weighted by Gasteiger charge is -2.36. The number of methoxy groups -OCH3 is 1. The SMILES string of the molecule is COCCCCc1cc(C(=O)NCCCN2CCN(c3cccc(Cl)c3Cl)CC2)c(C)n1C.Cl. The summed E-state index contributed by atoms with van der Waals surface area (Å²) in [7, 11) is 3.76. The fraction of sp³-hybridized carbons (Fsp3) is 0.560. The molecule has 1 amide bonds. The van der Waals surface area contributed by atoms with Crippen LogP contribution in [-0.2, 0) is 18.2 Å². The quantitative estimate of drug-likeness (QED) is 0.416. The van der Waals surface area contributed by atoms with Crippen LogP contribution < -0.4 is 10.2 Å². The van der Waals surface area contributed by atoms with Crippen LogP contribution in [0.5, 0.6) is 0 Å². The van der Waals surface area contributed by atoms with E-state index in [1.807, 2.05) is 38.2 Å². The minimum absolute atomic E-state index is 0. The van der Waals surface area contributed by atoms with E-state index in [2.05, 4.69) is 19.7 Å². The first-order chi connectivity index (χ1) is 15.9. The number of anilines is 1. The smallest absolute Gasteiger partial charge is 0.253 e. The Balaban J connectivity index is 0.00000408. The minimum atomic E-state index is 0. The minimum Gasteiger partial charge on any atom is -0.385 e. The van der Waals surface area contributed by atoms with Gasteiger partial charge in [0, 0.05) is 64.9 Å². The number of hydrogen-bond donors (Lipinski definition) is 1. The van der Waals surface area contributed by atoms with Gasteiger partial charge in [0.1, 0.15) is 0 Å². The average molecular weight is 532 g/mol. The number of nitrogens with one attached hydrogen (secondary N) is 1. The highest BCUT2D eigenvalue weighted by atomic mass is 35.5. The molecule has 0 saturated carbocycles. The van der Waals surface area contributed by atoms with Gasteiger partial charge < -0.3 is 19.5 Å². The first-order valence-electron chi connectivity index (χ1n) is 11.8. The fourth-order valence-electron chi connectivity index (χ4n) is 4.34. The number of carbonyl (C=O) groups excluding carboxylic acids is 1. The largest absolute Gasteiger partial charge is 0.385 e. The van der Waals surface area contributed by atoms with Crippen molar-refractivity contribution < 1.29 is 9.53 Å². The molecule has 1 aromatic heterocycles. The number of carbonyl (C=O) groups is 1. The van der Waals surface area contributed by atoms with Gasteiger partial charge in [-0.25, -0.2) is 0 Å². The fourth-order valence-corrected chi connectivity index (χ4v) is 4.75. The second-order valence-corrected chi connectivity index (χ2v) is 9.44. The van der Waals surface area contributed by atoms with Crippen molar-refractivity contribution in [3.8, 4) is 0 Å². The molecule has 0 radical (unpaired) electrons. The highest BCUT2D eigenvalue weighted by molar-refractivity contribution is 6.43. The van der Waals surface area contributed by atoms with Crippen molar-refractivity contribution in [2.75, 3.05) is 57.9 Å². The number of aryl methyl sites for hydroxylation is 1. The molecule has 1 aliphatic rings. The van der Waals surface area contributed by atoms with E-state index in [9.17, 15) is 4.79 Å². The Bertz CT molecular complexity index is 927. The first kappa shape index (κ1) is 28.8. The van der Waals surface area contributed by atoms with E-state index in [4.69, 9.17) is 27.9 Å². The van der Waals surface area contributed by atoms with Gasteiger partial charge in [-0.05, 0) is 57.4 Å². The molecule has 2 aromatic rings. The van der Waals surface area contributed by atoms with Crippen LogP contribution in [0.25, 0.3) is 0 Å². The molecule has 1 aliphatic heterocycles. The Kier molecular flexibility index (Phi) is 12.0. The molecule has 1 saturated heterocycles. The summed E-state index contributed by atoms with van der Waals surface area (Å²) < 4.78 is 7.26. The van der Waals surface area contributed by atoms with E-state index >= 15 is 0 Å². The number of rotatable bonds is 11. The topological polar surface area (TPSA) is 49.7 Å². The van der Waals surface area contributed by atoms with Crippen molar-refractivity contribution in [3.63, 3.8) is 0 Å². The van der Waals surface area contributed by atoms with Crippen LogP contribution in [0.1, 0.15) is 41.0 Å². The second kappa shape index (κ2) is 14.2. The molecule has 0 unspecified atom stereocenters. The number of ether oxygens (including phenoxy) is 1. The summed E-state index contributed by atoms with van der Waals surface area (Å²) in [6, 6.07) is 7.82. The summed E-state index contributed by atoms with van der Waals surface area (Å²) in [5, 5.41) is 4.33. The highest BCUT2D eigenvalue weighted by Gasteiger charge is 2.20. The van der Waals surface area contributed by atoms with Gasteiger partial charge in [0.2, 0.25) is 0 Å². The molecule has 1 fully saturated rings. The number of benzene rings is 1. The Morgan fingerprint density at radius 2 is 1.85 bits per heavy atom. The normalized spacial score (nSPS) is 14.2. The molecule has 0 atom stereocenters. The third kappa shape index (κ3) is 7.53. The monoisotopic (exact) mass is 530 g/mol. The van der Waals surface area contributed by atoms with Crippen LogP contribution in [0.2, 0.25) is 10.0 Å². The average Bonchev–Trinajstić information content (AvgIpc) is 3.10. The molecular formula is C25H37Cl3N4O2. The summed E-state index contributed by atoms with van der Waals surface area (Å²) in [6.45, 7) is 8.22. The Labute approximate surface area is 219 Å². The van der Waals surface area contributed by atoms with Crippen molar-refractivity contribution in [1.29, 1.82) is 0 Å². The van der Waals surface area contributed by atoms with E-state index in [1.54, 1.807) is 7.11 Å². The zero-order valence-electron chi connectivity index (χ0n) is 20.4. The summed E-state index contributed by atoms with van der Waals surface area (Å²) in [6.07, 6.45) is 3.98. The van der Waals surface area contributed by atoms with Crippen LogP contribution in [-0.4, -0.2) is 68.4 Å². The highest BCUT2D eigenvalue weighted by Crippen LogP contribution is 2.32. The van der Waals surface area contributed by atoms with Gasteiger partial charge in [-0.2, -0.15) is 0 Å². The second-order valence-electron chi connectivity index (χ2n) is 8.65. The molecule has 3 rings (SSSR count). The molecule has 1 aromatic carbocycles. The zero-order valence-corrected chi connectivity index (χ0v) is 22.7. The number of amides is 1. The summed E-state index contributed by atoms with van der Waals surface area (Å²) >= 11 is 12.5. The van der Waals surface area contributed by atoms with Crippen LogP contribution in [0.3, 0.4) is 0 Å². The number of aromatic nitrogens is 1. The Morgan fingerprint density at radius 1 is 1.12 bits per heavy atom. The van der Waals surface area contributed by atoms with Crippen molar-refractivity contribution in [3.05, 3.63) is 51.3 Å². The number of hydrogen-bond acceptors (Lipinski definition) is 4. The van der Waals surface area contributed by atoms with Gasteiger partial charge in [-0.15, -0.1) is 12.4 Å². The van der Waals surface area contributed by atoms with Gasteiger partial charge in [0.05, 0.1) is 21.3 Å². The van der Waals surface area contributed by atoms with Crippen molar-refractivity contribution in [1.82, 2.24) is 14.8 Å². The number of unbranched alkanes of at least 4 members (excludes halogenated alkanes) is 1. The molecule has 6 nitrogen and oxygen atoms in total. The lowest BCUT2D eigenvalue weighted by atomic mass is 10.1. The van der Waals surface area contributed by atoms with Gasteiger partial charge in [0.25, 0.3) is 5.91 Å². The Morgan fingerprint density at radius 3 is 2.56 bits per heavy atom. The van der Waals surface area contributed by atoms with Gasteiger partial charge in [-0.3, -0.25) is 9.69 Å². The maximum absolute atomic E-state index is 12.7. The van der Waals surface area contributed by atoms with Crippen LogP contribution in [0.15, 0.2) is 24.3 Å². The standard InChI is InChI=1S/C25H36Cl2N4O2.ClH/c1-19-21(18-20(29(19)2)8-4-5-17-33-3)25(32)28-11-7-12-30-13-15-31(16-14-30)23-10-6-9-22(26)24(23)27;/h6,9-10,18H,4-5,7-8,11-17H2,1-3H3,(H,28,32);1H. The van der Waals surface area contributed by atoms with Crippen molar-refractivity contribution in [2.45, 2.75) is 32.6 Å². The molecule has 0 bridgehead atoms. The third-order valence-corrected chi connectivity index (χ3v) is 7.30. The predicted octanol–water partition coefficient (Wildman–Crippen LogP) is 4.97. The van der Waals surface area contributed by atoms with E-state index in [1.165, 1.54) is 5.69 Å². The molecular weight excluding hydrogens is 495 g/mol. The Hall–Kier alpha value is -1.44. The molecule has 0 aliphatic carbocycles. The summed E-state index contributed by atoms with van der Waals surface area (Å²) in [5.74, 6) is 0.0201. The van der Waals surface area contributed by atoms with E-state index in [0.29, 0.717) is 16.6 Å². The van der Waals surface area contributed by atoms with E-state index in [-0.39, 0.29) is 18.3 Å². The van der Waals surface area contributed by atoms with Crippen molar-refractivity contribution >= 4 is 47.2 Å². The van der Waals surface area contributed by atoms with Crippen LogP contribution >= 0.6 is 35.6 Å². The van der Waals surface area contributed by atoms with Crippen LogP contribution in [0, 0.1) is 6.92 Å². The van der Waals surface area contributed by atoms with E-state index in [0.717, 1.165) is 82.0 Å². The predicted molar refractivity (Wildman–Crippen MR) is 144 cm³/mol. The first-order valence-corrected chi connectivity index (χ1v) is 12.5. The van der Waals surface area contributed by atoms with E-state index < -0.39 is 0 Å². The summed E-state index contributed by atoms with van der Waals surface area (Å²) in [5.41, 5.74) is 4.01. The molecule has 34 heavy (non-hydrogen) atoms. The third-order valence-electron chi connectivity index (χ3n) is 6.49. The van der Waals surface area contributed by atoms with Gasteiger partial charge in [0.15, 0.2) is 0 Å². The molecule has 9 heteroatoms. The van der Waals surface area contributed by atoms with Crippen molar-refractivity contribution in [2.24, 2.45) is 7.05 Å². The number of nitrogens with zero attached hydrogens (tertiary/aromatic N) is 3. The molecule has 0 spiro atoms. The van der Waals surface area contributed by atoms with Gasteiger partial charge in [-0.1, -0.05) is 29.3 Å². The maximum atomic E-state index is 12.7. The maximum Gasteiger partial charge on any atom is 0.253 e. The number of halogens is 3. The lowest BCUT2D eigenvalue weighted by molar-refractivity contribution is 0.0950. The lowest BCUT2D eigenvalue weighted by Crippen LogP contribution is -2.47. The zero-order chi connectivity index (χ0) is 23.8. The number of piperazine rings is 1. The van der Waals surface area contributed by atoms with Gasteiger partial charge >= 0.3 is 0 Å². The van der Waals surface area contributed by atoms with Crippen LogP contribution in [0.4, 0.5) is 5.69 Å². The molecule has 190 valence electrons. The molecule has 2 heterocycles. The summed E-state index contributed by atoms with van der Waals surface area (Å²) in [4.78, 5) is 17.5. The molecule has 1 N–H and O–H groups in total.